The number of hydrogen-bond acceptors (Lipinski definition) is 3. The Labute approximate surface area is 133 Å². The van der Waals surface area contributed by atoms with Gasteiger partial charge in [-0.1, -0.05) is 23.2 Å². The van der Waals surface area contributed by atoms with E-state index in [2.05, 4.69) is 11.4 Å². The zero-order valence-electron chi connectivity index (χ0n) is 11.2. The first-order valence-electron chi connectivity index (χ1n) is 6.02. The minimum absolute atomic E-state index is 0.306. The number of halogens is 2. The van der Waals surface area contributed by atoms with Gasteiger partial charge in [-0.2, -0.15) is 5.26 Å². The van der Waals surface area contributed by atoms with Gasteiger partial charge in [0.05, 0.1) is 22.7 Å². The van der Waals surface area contributed by atoms with E-state index in [0.29, 0.717) is 21.2 Å². The van der Waals surface area contributed by atoms with E-state index in [1.807, 2.05) is 30.3 Å². The van der Waals surface area contributed by atoms with Crippen LogP contribution in [0.3, 0.4) is 0 Å². The molecule has 0 fully saturated rings. The molecule has 1 radical (unpaired) electrons. The minimum Gasteiger partial charge on any atom is -0.497 e. The average molecular weight is 318 g/mol. The van der Waals surface area contributed by atoms with E-state index in [1.54, 1.807) is 25.5 Å². The first kappa shape index (κ1) is 15.2. The standard InChI is InChI=1S/C16H11Cl2N2O/c1-21-14-4-2-13(3-5-14)20-7-6-15-11(10-19)8-12(17)9-16(15)18/h2-7,9,20H,1H3. The molecule has 0 atom stereocenters. The lowest BCUT2D eigenvalue weighted by molar-refractivity contribution is 0.415. The normalized spacial score (nSPS) is 10.4. The molecule has 0 saturated carbocycles. The van der Waals surface area contributed by atoms with E-state index in [0.717, 1.165) is 11.4 Å². The van der Waals surface area contributed by atoms with E-state index >= 15 is 0 Å². The zero-order valence-corrected chi connectivity index (χ0v) is 12.7. The molecule has 21 heavy (non-hydrogen) atoms. The van der Waals surface area contributed by atoms with Crippen molar-refractivity contribution in [1.29, 1.82) is 5.26 Å². The third-order valence-corrected chi connectivity index (χ3v) is 3.24. The summed E-state index contributed by atoms with van der Waals surface area (Å²) >= 11 is 11.9. The molecule has 105 valence electrons. The van der Waals surface area contributed by atoms with Gasteiger partial charge in [0.25, 0.3) is 0 Å². The largest absolute Gasteiger partial charge is 0.497 e. The Morgan fingerprint density at radius 3 is 2.62 bits per heavy atom. The predicted molar refractivity (Wildman–Crippen MR) is 85.7 cm³/mol. The van der Waals surface area contributed by atoms with Crippen LogP contribution in [0.2, 0.25) is 10.0 Å². The highest BCUT2D eigenvalue weighted by molar-refractivity contribution is 6.35. The van der Waals surface area contributed by atoms with Crippen molar-refractivity contribution in [1.82, 2.24) is 0 Å². The summed E-state index contributed by atoms with van der Waals surface area (Å²) in [6, 6.07) is 13.8. The molecule has 2 aromatic carbocycles. The summed E-state index contributed by atoms with van der Waals surface area (Å²) in [6.45, 7) is 0. The fourth-order valence-corrected chi connectivity index (χ4v) is 2.22. The van der Waals surface area contributed by atoms with Crippen LogP contribution in [0.15, 0.2) is 36.5 Å². The second-order valence-corrected chi connectivity index (χ2v) is 4.89. The topological polar surface area (TPSA) is 45.0 Å². The van der Waals surface area contributed by atoms with Crippen molar-refractivity contribution in [2.24, 2.45) is 0 Å². The van der Waals surface area contributed by atoms with Crippen LogP contribution in [0, 0.1) is 17.4 Å². The third-order valence-electron chi connectivity index (χ3n) is 2.73. The van der Waals surface area contributed by atoms with Crippen molar-refractivity contribution < 1.29 is 4.74 Å². The molecule has 0 amide bonds. The van der Waals surface area contributed by atoms with Gasteiger partial charge in [-0.25, -0.2) is 0 Å². The Hall–Kier alpha value is -2.15. The maximum Gasteiger partial charge on any atom is 0.119 e. The Kier molecular flexibility index (Phi) is 5.10. The molecule has 0 bridgehead atoms. The van der Waals surface area contributed by atoms with Crippen molar-refractivity contribution in [3.05, 3.63) is 63.8 Å². The maximum atomic E-state index is 9.07. The fourth-order valence-electron chi connectivity index (χ4n) is 1.69. The molecule has 0 aliphatic carbocycles. The number of rotatable bonds is 4. The summed E-state index contributed by atoms with van der Waals surface area (Å²) in [5, 5.41) is 12.9. The van der Waals surface area contributed by atoms with Crippen molar-refractivity contribution >= 4 is 35.0 Å². The molecular weight excluding hydrogens is 307 g/mol. The SMILES string of the molecule is COc1ccc(NC=Cc2c(C#N)[c]c(Cl)cc2Cl)cc1. The van der Waals surface area contributed by atoms with Gasteiger partial charge in [0.2, 0.25) is 0 Å². The Morgan fingerprint density at radius 1 is 1.29 bits per heavy atom. The first-order chi connectivity index (χ1) is 10.1. The van der Waals surface area contributed by atoms with E-state index in [-0.39, 0.29) is 0 Å². The molecule has 2 rings (SSSR count). The Morgan fingerprint density at radius 2 is 2.00 bits per heavy atom. The third kappa shape index (κ3) is 3.91. The van der Waals surface area contributed by atoms with Crippen molar-refractivity contribution in [2.45, 2.75) is 0 Å². The van der Waals surface area contributed by atoms with Crippen LogP contribution in [0.1, 0.15) is 11.1 Å². The lowest BCUT2D eigenvalue weighted by Gasteiger charge is -2.04. The molecule has 0 saturated heterocycles. The number of anilines is 1. The van der Waals surface area contributed by atoms with Gasteiger partial charge in [0.15, 0.2) is 0 Å². The summed E-state index contributed by atoms with van der Waals surface area (Å²) in [7, 11) is 1.62. The number of benzene rings is 2. The molecule has 0 aliphatic heterocycles. The molecule has 3 nitrogen and oxygen atoms in total. The molecular formula is C16H11Cl2N2O. The summed E-state index contributed by atoms with van der Waals surface area (Å²) in [6.07, 6.45) is 3.41. The molecule has 1 N–H and O–H groups in total. The van der Waals surface area contributed by atoms with Gasteiger partial charge in [0.1, 0.15) is 11.8 Å². The molecule has 0 aliphatic rings. The quantitative estimate of drug-likeness (QED) is 0.884. The number of nitriles is 1. The highest BCUT2D eigenvalue weighted by Gasteiger charge is 2.06. The maximum absolute atomic E-state index is 9.07. The number of methoxy groups -OCH3 is 1. The molecule has 0 unspecified atom stereocenters. The zero-order chi connectivity index (χ0) is 15.2. The van der Waals surface area contributed by atoms with Gasteiger partial charge in [-0.05, 0) is 36.4 Å². The van der Waals surface area contributed by atoms with Crippen LogP contribution in [0.4, 0.5) is 5.69 Å². The summed E-state index contributed by atoms with van der Waals surface area (Å²) in [5.74, 6) is 0.784. The van der Waals surface area contributed by atoms with Gasteiger partial charge in [0, 0.05) is 23.5 Å². The van der Waals surface area contributed by atoms with Crippen LogP contribution in [0.5, 0.6) is 5.75 Å². The monoisotopic (exact) mass is 317 g/mol. The lowest BCUT2D eigenvalue weighted by atomic mass is 10.1. The molecule has 0 heterocycles. The van der Waals surface area contributed by atoms with Gasteiger partial charge < -0.3 is 10.1 Å². The smallest absolute Gasteiger partial charge is 0.119 e. The Bertz CT molecular complexity index is 703. The summed E-state index contributed by atoms with van der Waals surface area (Å²) in [5.41, 5.74) is 1.77. The van der Waals surface area contributed by atoms with Crippen LogP contribution in [-0.2, 0) is 0 Å². The molecule has 5 heteroatoms. The van der Waals surface area contributed by atoms with E-state index in [9.17, 15) is 0 Å². The van der Waals surface area contributed by atoms with E-state index < -0.39 is 0 Å². The second kappa shape index (κ2) is 7.03. The van der Waals surface area contributed by atoms with Crippen LogP contribution >= 0.6 is 23.2 Å². The highest BCUT2D eigenvalue weighted by atomic mass is 35.5. The number of hydrogen-bond donors (Lipinski definition) is 1. The predicted octanol–water partition coefficient (Wildman–Crippen LogP) is 4.76. The van der Waals surface area contributed by atoms with Crippen LogP contribution in [-0.4, -0.2) is 7.11 Å². The molecule has 0 aromatic heterocycles. The van der Waals surface area contributed by atoms with Gasteiger partial charge >= 0.3 is 0 Å². The van der Waals surface area contributed by atoms with E-state index in [1.165, 1.54) is 0 Å². The van der Waals surface area contributed by atoms with Crippen molar-refractivity contribution in [3.63, 3.8) is 0 Å². The van der Waals surface area contributed by atoms with Crippen molar-refractivity contribution in [3.8, 4) is 11.8 Å². The summed E-state index contributed by atoms with van der Waals surface area (Å²) < 4.78 is 5.08. The van der Waals surface area contributed by atoms with E-state index in [4.69, 9.17) is 33.2 Å². The lowest BCUT2D eigenvalue weighted by Crippen LogP contribution is -1.90. The number of nitrogens with one attached hydrogen (secondary N) is 1. The number of nitrogens with zero attached hydrogens (tertiary/aromatic N) is 1. The number of ether oxygens (including phenoxy) is 1. The highest BCUT2D eigenvalue weighted by Crippen LogP contribution is 2.25. The average Bonchev–Trinajstić information content (AvgIpc) is 2.49. The fraction of sp³-hybridized carbons (Fsp3) is 0.0625. The van der Waals surface area contributed by atoms with Crippen LogP contribution in [0.25, 0.3) is 6.08 Å². The second-order valence-electron chi connectivity index (χ2n) is 4.07. The first-order valence-corrected chi connectivity index (χ1v) is 6.78. The summed E-state index contributed by atoms with van der Waals surface area (Å²) in [4.78, 5) is 0. The van der Waals surface area contributed by atoms with Crippen molar-refractivity contribution in [2.75, 3.05) is 12.4 Å². The van der Waals surface area contributed by atoms with Crippen LogP contribution < -0.4 is 10.1 Å². The van der Waals surface area contributed by atoms with Gasteiger partial charge in [-0.15, -0.1) is 0 Å². The molecule has 2 aromatic rings. The minimum atomic E-state index is 0.306. The van der Waals surface area contributed by atoms with Gasteiger partial charge in [-0.3, -0.25) is 0 Å². The Balaban J connectivity index is 2.16. The molecule has 0 spiro atoms.